The summed E-state index contributed by atoms with van der Waals surface area (Å²) in [5.41, 5.74) is 14.3. The normalized spacial score (nSPS) is 10.9. The van der Waals surface area contributed by atoms with Crippen LogP contribution in [0.2, 0.25) is 0 Å². The average Bonchev–Trinajstić information content (AvgIpc) is 2.11. The van der Waals surface area contributed by atoms with Gasteiger partial charge in [-0.2, -0.15) is 0 Å². The monoisotopic (exact) mass is 176 g/mol. The van der Waals surface area contributed by atoms with Crippen LogP contribution in [0.1, 0.15) is 17.5 Å². The first-order valence-corrected chi connectivity index (χ1v) is 4.47. The molecule has 2 heteroatoms. The predicted molar refractivity (Wildman–Crippen MR) is 58.3 cm³/mol. The van der Waals surface area contributed by atoms with Gasteiger partial charge in [-0.1, -0.05) is 23.8 Å². The minimum absolute atomic E-state index is 0.683. The molecule has 0 amide bonds. The van der Waals surface area contributed by atoms with Crippen molar-refractivity contribution in [2.24, 2.45) is 5.73 Å². The highest BCUT2D eigenvalue weighted by Gasteiger charge is 1.93. The standard InChI is InChI=1S/C11H16N2/c1-9-5-6-11(13)10(8-9)4-2-3-7-12/h2,4-6,8H,3,7,12-13H2,1H3. The summed E-state index contributed by atoms with van der Waals surface area (Å²) in [7, 11) is 0. The van der Waals surface area contributed by atoms with E-state index in [1.807, 2.05) is 24.3 Å². The van der Waals surface area contributed by atoms with Gasteiger partial charge in [0.2, 0.25) is 0 Å². The molecular formula is C11H16N2. The first-order chi connectivity index (χ1) is 6.24. The van der Waals surface area contributed by atoms with Gasteiger partial charge >= 0.3 is 0 Å². The van der Waals surface area contributed by atoms with Crippen molar-refractivity contribution in [1.82, 2.24) is 0 Å². The van der Waals surface area contributed by atoms with Gasteiger partial charge in [0.25, 0.3) is 0 Å². The van der Waals surface area contributed by atoms with Gasteiger partial charge in [0.1, 0.15) is 0 Å². The minimum atomic E-state index is 0.683. The highest BCUT2D eigenvalue weighted by Crippen LogP contribution is 2.15. The SMILES string of the molecule is Cc1ccc(N)c(C=CCCN)c1. The summed E-state index contributed by atoms with van der Waals surface area (Å²) in [5, 5.41) is 0. The molecule has 0 aliphatic carbocycles. The second-order valence-corrected chi connectivity index (χ2v) is 3.11. The molecule has 0 heterocycles. The molecule has 1 rings (SSSR count). The van der Waals surface area contributed by atoms with E-state index in [4.69, 9.17) is 11.5 Å². The molecule has 2 nitrogen and oxygen atoms in total. The Hall–Kier alpha value is -1.28. The number of rotatable bonds is 3. The fourth-order valence-electron chi connectivity index (χ4n) is 1.15. The third kappa shape index (κ3) is 2.92. The molecule has 1 aromatic rings. The van der Waals surface area contributed by atoms with Crippen molar-refractivity contribution in [3.63, 3.8) is 0 Å². The van der Waals surface area contributed by atoms with E-state index in [0.29, 0.717) is 6.54 Å². The van der Waals surface area contributed by atoms with Gasteiger partial charge in [0.05, 0.1) is 0 Å². The van der Waals surface area contributed by atoms with Gasteiger partial charge in [0.15, 0.2) is 0 Å². The Labute approximate surface area is 79.2 Å². The maximum atomic E-state index is 5.79. The number of anilines is 1. The molecule has 0 spiro atoms. The van der Waals surface area contributed by atoms with Gasteiger partial charge in [-0.15, -0.1) is 0 Å². The van der Waals surface area contributed by atoms with E-state index in [0.717, 1.165) is 17.7 Å². The quantitative estimate of drug-likeness (QED) is 0.691. The van der Waals surface area contributed by atoms with Gasteiger partial charge in [0, 0.05) is 5.69 Å². The van der Waals surface area contributed by atoms with Crippen molar-refractivity contribution in [3.05, 3.63) is 35.4 Å². The van der Waals surface area contributed by atoms with Crippen LogP contribution < -0.4 is 11.5 Å². The van der Waals surface area contributed by atoms with E-state index in [1.54, 1.807) is 0 Å². The third-order valence-corrected chi connectivity index (χ3v) is 1.87. The molecule has 1 aromatic carbocycles. The third-order valence-electron chi connectivity index (χ3n) is 1.87. The minimum Gasteiger partial charge on any atom is -0.398 e. The summed E-state index contributed by atoms with van der Waals surface area (Å²) in [6.07, 6.45) is 4.97. The average molecular weight is 176 g/mol. The maximum absolute atomic E-state index is 5.79. The Morgan fingerprint density at radius 3 is 2.85 bits per heavy atom. The van der Waals surface area contributed by atoms with Crippen LogP contribution in [-0.2, 0) is 0 Å². The summed E-state index contributed by atoms with van der Waals surface area (Å²) in [5.74, 6) is 0. The highest BCUT2D eigenvalue weighted by atomic mass is 14.6. The lowest BCUT2D eigenvalue weighted by molar-refractivity contribution is 1.01. The number of nitrogens with two attached hydrogens (primary N) is 2. The molecule has 0 aromatic heterocycles. The summed E-state index contributed by atoms with van der Waals surface area (Å²) in [6.45, 7) is 2.74. The lowest BCUT2D eigenvalue weighted by Gasteiger charge is -2.01. The number of hydrogen-bond acceptors (Lipinski definition) is 2. The second-order valence-electron chi connectivity index (χ2n) is 3.11. The van der Waals surface area contributed by atoms with Crippen molar-refractivity contribution >= 4 is 11.8 Å². The summed E-state index contributed by atoms with van der Waals surface area (Å²) in [6, 6.07) is 6.01. The van der Waals surface area contributed by atoms with Crippen LogP contribution in [0.15, 0.2) is 24.3 Å². The largest absolute Gasteiger partial charge is 0.398 e. The van der Waals surface area contributed by atoms with E-state index >= 15 is 0 Å². The van der Waals surface area contributed by atoms with Crippen molar-refractivity contribution < 1.29 is 0 Å². The summed E-state index contributed by atoms with van der Waals surface area (Å²) < 4.78 is 0. The van der Waals surface area contributed by atoms with E-state index in [1.165, 1.54) is 5.56 Å². The number of aryl methyl sites for hydroxylation is 1. The molecule has 0 bridgehead atoms. The van der Waals surface area contributed by atoms with Crippen molar-refractivity contribution in [2.45, 2.75) is 13.3 Å². The Morgan fingerprint density at radius 2 is 2.15 bits per heavy atom. The highest BCUT2D eigenvalue weighted by molar-refractivity contribution is 5.65. The second kappa shape index (κ2) is 4.67. The molecule has 0 atom stereocenters. The lowest BCUT2D eigenvalue weighted by Crippen LogP contribution is -1.95. The molecule has 0 aliphatic heterocycles. The van der Waals surface area contributed by atoms with Crippen molar-refractivity contribution in [3.8, 4) is 0 Å². The van der Waals surface area contributed by atoms with Crippen molar-refractivity contribution in [2.75, 3.05) is 12.3 Å². The van der Waals surface area contributed by atoms with Gasteiger partial charge in [-0.3, -0.25) is 0 Å². The molecule has 13 heavy (non-hydrogen) atoms. The van der Waals surface area contributed by atoms with Crippen LogP contribution in [0.5, 0.6) is 0 Å². The topological polar surface area (TPSA) is 52.0 Å². The van der Waals surface area contributed by atoms with Crippen molar-refractivity contribution in [1.29, 1.82) is 0 Å². The molecule has 0 aliphatic rings. The summed E-state index contributed by atoms with van der Waals surface area (Å²) in [4.78, 5) is 0. The van der Waals surface area contributed by atoms with Gasteiger partial charge < -0.3 is 11.5 Å². The zero-order chi connectivity index (χ0) is 9.68. The smallest absolute Gasteiger partial charge is 0.0387 e. The van der Waals surface area contributed by atoms with Crippen LogP contribution in [0, 0.1) is 6.92 Å². The number of benzene rings is 1. The van der Waals surface area contributed by atoms with E-state index in [9.17, 15) is 0 Å². The predicted octanol–water partition coefficient (Wildman–Crippen LogP) is 1.94. The Kier molecular flexibility index (Phi) is 3.53. The molecule has 0 radical (unpaired) electrons. The van der Waals surface area contributed by atoms with Crippen LogP contribution in [0.3, 0.4) is 0 Å². The first-order valence-electron chi connectivity index (χ1n) is 4.47. The number of nitrogen functional groups attached to an aromatic ring is 1. The van der Waals surface area contributed by atoms with Crippen LogP contribution in [-0.4, -0.2) is 6.54 Å². The molecule has 0 saturated carbocycles. The van der Waals surface area contributed by atoms with Crippen LogP contribution >= 0.6 is 0 Å². The molecular weight excluding hydrogens is 160 g/mol. The van der Waals surface area contributed by atoms with Crippen LogP contribution in [0.25, 0.3) is 6.08 Å². The Morgan fingerprint density at radius 1 is 1.38 bits per heavy atom. The van der Waals surface area contributed by atoms with E-state index in [2.05, 4.69) is 13.0 Å². The van der Waals surface area contributed by atoms with Gasteiger partial charge in [-0.05, 0) is 37.6 Å². The molecule has 0 unspecified atom stereocenters. The molecule has 4 N–H and O–H groups in total. The fourth-order valence-corrected chi connectivity index (χ4v) is 1.15. The Balaban J connectivity index is 2.81. The molecule has 0 fully saturated rings. The first kappa shape index (κ1) is 9.81. The van der Waals surface area contributed by atoms with E-state index < -0.39 is 0 Å². The molecule has 70 valence electrons. The fraction of sp³-hybridized carbons (Fsp3) is 0.273. The zero-order valence-corrected chi connectivity index (χ0v) is 7.96. The van der Waals surface area contributed by atoms with E-state index in [-0.39, 0.29) is 0 Å². The molecule has 0 saturated heterocycles. The Bertz CT molecular complexity index is 303. The summed E-state index contributed by atoms with van der Waals surface area (Å²) >= 11 is 0. The van der Waals surface area contributed by atoms with Crippen LogP contribution in [0.4, 0.5) is 5.69 Å². The maximum Gasteiger partial charge on any atom is 0.0387 e. The van der Waals surface area contributed by atoms with Gasteiger partial charge in [-0.25, -0.2) is 0 Å². The lowest BCUT2D eigenvalue weighted by atomic mass is 10.1. The number of hydrogen-bond donors (Lipinski definition) is 2. The zero-order valence-electron chi connectivity index (χ0n) is 7.96.